The topological polar surface area (TPSA) is 58.4 Å². The highest BCUT2D eigenvalue weighted by atomic mass is 19.4. The summed E-state index contributed by atoms with van der Waals surface area (Å²) in [6, 6.07) is 0.866. The van der Waals surface area contributed by atoms with Crippen LogP contribution in [0.5, 0.6) is 0 Å². The lowest BCUT2D eigenvalue weighted by Crippen LogP contribution is -2.41. The maximum absolute atomic E-state index is 13.0. The molecule has 0 aliphatic rings. The van der Waals surface area contributed by atoms with Gasteiger partial charge in [0.1, 0.15) is 12.1 Å². The van der Waals surface area contributed by atoms with E-state index in [0.29, 0.717) is 0 Å². The molecule has 2 rings (SSSR count). The normalized spacial score (nSPS) is 14.5. The molecule has 0 amide bonds. The van der Waals surface area contributed by atoms with Gasteiger partial charge in [-0.05, 0) is 26.4 Å². The molecule has 0 aromatic carbocycles. The van der Waals surface area contributed by atoms with E-state index in [9.17, 15) is 13.2 Å². The van der Waals surface area contributed by atoms with E-state index in [1.165, 1.54) is 10.8 Å². The van der Waals surface area contributed by atoms with Gasteiger partial charge in [-0.2, -0.15) is 27.8 Å². The van der Waals surface area contributed by atoms with Crippen molar-refractivity contribution >= 4 is 11.6 Å². The SMILES string of the molecule is C[C@@H](Nc1cc(C(F)(F)F)nc2ncnn12)C(C)(C)CN(C)C. The fraction of sp³-hybridized carbons (Fsp3) is 0.643. The van der Waals surface area contributed by atoms with E-state index in [1.54, 1.807) is 0 Å². The van der Waals surface area contributed by atoms with Crippen molar-refractivity contribution in [1.29, 1.82) is 0 Å². The molecule has 2 aromatic heterocycles. The van der Waals surface area contributed by atoms with Crippen molar-refractivity contribution in [2.75, 3.05) is 26.0 Å². The first-order chi connectivity index (χ1) is 10.5. The van der Waals surface area contributed by atoms with Crippen LogP contribution in [0.15, 0.2) is 12.4 Å². The number of nitrogens with zero attached hydrogens (tertiary/aromatic N) is 5. The van der Waals surface area contributed by atoms with Gasteiger partial charge in [0.05, 0.1) is 0 Å². The molecule has 6 nitrogen and oxygen atoms in total. The van der Waals surface area contributed by atoms with Crippen LogP contribution in [-0.4, -0.2) is 51.2 Å². The van der Waals surface area contributed by atoms with Crippen LogP contribution in [0.1, 0.15) is 26.5 Å². The highest BCUT2D eigenvalue weighted by molar-refractivity contribution is 5.46. The van der Waals surface area contributed by atoms with Gasteiger partial charge >= 0.3 is 6.18 Å². The van der Waals surface area contributed by atoms with E-state index < -0.39 is 11.9 Å². The highest BCUT2D eigenvalue weighted by Crippen LogP contribution is 2.31. The summed E-state index contributed by atoms with van der Waals surface area (Å²) in [6.07, 6.45) is -3.35. The summed E-state index contributed by atoms with van der Waals surface area (Å²) in [5.41, 5.74) is -1.16. The quantitative estimate of drug-likeness (QED) is 0.913. The second-order valence-corrected chi connectivity index (χ2v) is 6.59. The summed E-state index contributed by atoms with van der Waals surface area (Å²) in [5, 5.41) is 7.06. The number of hydrogen-bond acceptors (Lipinski definition) is 5. The minimum absolute atomic E-state index is 0.0834. The van der Waals surface area contributed by atoms with Crippen LogP contribution in [0.4, 0.5) is 19.0 Å². The first kappa shape index (κ1) is 17.5. The molecule has 1 atom stereocenters. The lowest BCUT2D eigenvalue weighted by Gasteiger charge is -2.35. The van der Waals surface area contributed by atoms with Gasteiger partial charge in [0.15, 0.2) is 5.69 Å². The molecule has 0 fully saturated rings. The smallest absolute Gasteiger partial charge is 0.367 e. The first-order valence-electron chi connectivity index (χ1n) is 7.20. The van der Waals surface area contributed by atoms with E-state index in [2.05, 4.69) is 34.2 Å². The molecule has 128 valence electrons. The van der Waals surface area contributed by atoms with Gasteiger partial charge in [0.2, 0.25) is 0 Å². The van der Waals surface area contributed by atoms with E-state index >= 15 is 0 Å². The average molecular weight is 330 g/mol. The first-order valence-corrected chi connectivity index (χ1v) is 7.20. The molecule has 0 aliphatic heterocycles. The molecule has 0 aliphatic carbocycles. The molecule has 0 bridgehead atoms. The van der Waals surface area contributed by atoms with Crippen LogP contribution in [0.3, 0.4) is 0 Å². The standard InChI is InChI=1S/C14H21F3N6/c1-9(13(2,3)7-22(4)5)20-11-6-10(14(15,16)17)21-12-18-8-19-23(11)12/h6,8-9,20H,7H2,1-5H3/t9-/m1/s1. The molecule has 2 aromatic rings. The molecular weight excluding hydrogens is 309 g/mol. The Morgan fingerprint density at radius 3 is 2.52 bits per heavy atom. The Hall–Kier alpha value is -1.90. The molecule has 0 saturated heterocycles. The Kier molecular flexibility index (Phi) is 4.52. The lowest BCUT2D eigenvalue weighted by molar-refractivity contribution is -0.141. The lowest BCUT2D eigenvalue weighted by atomic mass is 9.85. The number of alkyl halides is 3. The number of rotatable bonds is 5. The Morgan fingerprint density at radius 2 is 1.96 bits per heavy atom. The highest BCUT2D eigenvalue weighted by Gasteiger charge is 2.35. The summed E-state index contributed by atoms with van der Waals surface area (Å²) in [7, 11) is 3.91. The van der Waals surface area contributed by atoms with Gasteiger partial charge in [-0.1, -0.05) is 13.8 Å². The number of aromatic nitrogens is 4. The van der Waals surface area contributed by atoms with Crippen molar-refractivity contribution in [2.24, 2.45) is 5.41 Å². The molecule has 2 heterocycles. The van der Waals surface area contributed by atoms with Crippen molar-refractivity contribution in [1.82, 2.24) is 24.5 Å². The largest absolute Gasteiger partial charge is 0.433 e. The van der Waals surface area contributed by atoms with Crippen molar-refractivity contribution in [3.63, 3.8) is 0 Å². The number of nitrogens with one attached hydrogen (secondary N) is 1. The predicted molar refractivity (Wildman–Crippen MR) is 81.2 cm³/mol. The van der Waals surface area contributed by atoms with Gasteiger partial charge in [-0.15, -0.1) is 0 Å². The van der Waals surface area contributed by atoms with Crippen LogP contribution in [0.2, 0.25) is 0 Å². The van der Waals surface area contributed by atoms with Crippen LogP contribution in [0.25, 0.3) is 5.78 Å². The van der Waals surface area contributed by atoms with Gasteiger partial charge in [0, 0.05) is 18.7 Å². The average Bonchev–Trinajstić information content (AvgIpc) is 2.84. The van der Waals surface area contributed by atoms with Gasteiger partial charge in [0.25, 0.3) is 5.78 Å². The zero-order valence-electron chi connectivity index (χ0n) is 13.8. The van der Waals surface area contributed by atoms with Crippen LogP contribution in [-0.2, 0) is 6.18 Å². The third kappa shape index (κ3) is 3.90. The molecule has 0 saturated carbocycles. The summed E-state index contributed by atoms with van der Waals surface area (Å²) in [5.74, 6) is 0.138. The van der Waals surface area contributed by atoms with Gasteiger partial charge < -0.3 is 10.2 Å². The summed E-state index contributed by atoms with van der Waals surface area (Å²) in [4.78, 5) is 9.30. The number of anilines is 1. The van der Waals surface area contributed by atoms with Crippen LogP contribution < -0.4 is 5.32 Å². The third-order valence-electron chi connectivity index (χ3n) is 3.80. The maximum atomic E-state index is 13.0. The summed E-state index contributed by atoms with van der Waals surface area (Å²) < 4.78 is 40.2. The summed E-state index contributed by atoms with van der Waals surface area (Å²) >= 11 is 0. The van der Waals surface area contributed by atoms with Gasteiger partial charge in [-0.3, -0.25) is 0 Å². The Labute approximate surface area is 132 Å². The summed E-state index contributed by atoms with van der Waals surface area (Å²) in [6.45, 7) is 6.81. The molecule has 1 N–H and O–H groups in total. The van der Waals surface area contributed by atoms with E-state index in [1.807, 2.05) is 25.9 Å². The second-order valence-electron chi connectivity index (χ2n) is 6.59. The minimum Gasteiger partial charge on any atom is -0.367 e. The maximum Gasteiger partial charge on any atom is 0.433 e. The Morgan fingerprint density at radius 1 is 1.30 bits per heavy atom. The molecule has 0 spiro atoms. The van der Waals surface area contributed by atoms with E-state index in [4.69, 9.17) is 0 Å². The minimum atomic E-state index is -4.54. The van der Waals surface area contributed by atoms with E-state index in [-0.39, 0.29) is 23.1 Å². The Bertz CT molecular complexity index is 677. The van der Waals surface area contributed by atoms with E-state index in [0.717, 1.165) is 12.6 Å². The zero-order chi connectivity index (χ0) is 17.4. The van der Waals surface area contributed by atoms with Crippen molar-refractivity contribution < 1.29 is 13.2 Å². The van der Waals surface area contributed by atoms with Crippen molar-refractivity contribution in [2.45, 2.75) is 33.0 Å². The molecule has 0 radical (unpaired) electrons. The number of fused-ring (bicyclic) bond motifs is 1. The number of halogens is 3. The molecule has 9 heteroatoms. The fourth-order valence-corrected chi connectivity index (χ4v) is 2.43. The fourth-order valence-electron chi connectivity index (χ4n) is 2.43. The molecule has 0 unspecified atom stereocenters. The van der Waals surface area contributed by atoms with Gasteiger partial charge in [-0.25, -0.2) is 4.98 Å². The molecular formula is C14H21F3N6. The third-order valence-corrected chi connectivity index (χ3v) is 3.80. The van der Waals surface area contributed by atoms with Crippen LogP contribution in [0, 0.1) is 5.41 Å². The monoisotopic (exact) mass is 330 g/mol. The number of hydrogen-bond donors (Lipinski definition) is 1. The van der Waals surface area contributed by atoms with Crippen LogP contribution >= 0.6 is 0 Å². The zero-order valence-corrected chi connectivity index (χ0v) is 13.8. The van der Waals surface area contributed by atoms with Crippen molar-refractivity contribution in [3.8, 4) is 0 Å². The predicted octanol–water partition coefficient (Wildman–Crippen LogP) is 2.53. The van der Waals surface area contributed by atoms with Crippen molar-refractivity contribution in [3.05, 3.63) is 18.1 Å². The molecule has 23 heavy (non-hydrogen) atoms. The Balaban J connectivity index is 2.37. The second kappa shape index (κ2) is 5.95.